The third-order valence-electron chi connectivity index (χ3n) is 5.61. The molecule has 3 aromatic rings. The number of aliphatic hydroxyl groups is 1. The molecule has 5 nitrogen and oxygen atoms in total. The summed E-state index contributed by atoms with van der Waals surface area (Å²) < 4.78 is 0. The molecule has 1 N–H and O–H groups in total. The van der Waals surface area contributed by atoms with Crippen molar-refractivity contribution in [3.63, 3.8) is 0 Å². The van der Waals surface area contributed by atoms with E-state index in [0.29, 0.717) is 11.5 Å². The molecule has 2 aromatic carbocycles. The summed E-state index contributed by atoms with van der Waals surface area (Å²) in [6, 6.07) is 19.7. The fraction of sp³-hybridized carbons (Fsp3) is 0.192. The van der Waals surface area contributed by atoms with Gasteiger partial charge in [0, 0.05) is 24.5 Å². The van der Waals surface area contributed by atoms with Crippen LogP contribution in [-0.4, -0.2) is 26.7 Å². The largest absolute Gasteiger partial charge is 0.507 e. The molecule has 0 spiro atoms. The van der Waals surface area contributed by atoms with E-state index in [-0.39, 0.29) is 17.9 Å². The summed E-state index contributed by atoms with van der Waals surface area (Å²) in [5.41, 5.74) is 3.43. The molecule has 1 unspecified atom stereocenters. The fourth-order valence-electron chi connectivity index (χ4n) is 3.89. The molecule has 0 radical (unpaired) electrons. The monoisotopic (exact) mass is 412 g/mol. The van der Waals surface area contributed by atoms with E-state index in [1.54, 1.807) is 36.7 Å². The van der Waals surface area contributed by atoms with Gasteiger partial charge in [0.25, 0.3) is 11.7 Å². The Labute approximate surface area is 181 Å². The molecule has 31 heavy (non-hydrogen) atoms. The number of hydrogen-bond donors (Lipinski definition) is 1. The third kappa shape index (κ3) is 3.99. The van der Waals surface area contributed by atoms with Crippen LogP contribution in [0.1, 0.15) is 48.1 Å². The Morgan fingerprint density at radius 3 is 2.23 bits per heavy atom. The van der Waals surface area contributed by atoms with Crippen LogP contribution in [0, 0.1) is 0 Å². The summed E-state index contributed by atoms with van der Waals surface area (Å²) >= 11 is 0. The van der Waals surface area contributed by atoms with Crippen molar-refractivity contribution in [3.05, 3.63) is 107 Å². The topological polar surface area (TPSA) is 70.5 Å². The van der Waals surface area contributed by atoms with Gasteiger partial charge in [-0.25, -0.2) is 0 Å². The molecule has 156 valence electrons. The minimum absolute atomic E-state index is 0.113. The van der Waals surface area contributed by atoms with Crippen molar-refractivity contribution < 1.29 is 14.7 Å². The van der Waals surface area contributed by atoms with Crippen LogP contribution in [0.4, 0.5) is 0 Å². The van der Waals surface area contributed by atoms with E-state index in [2.05, 4.69) is 18.8 Å². The van der Waals surface area contributed by atoms with Crippen LogP contribution in [0.25, 0.3) is 5.76 Å². The van der Waals surface area contributed by atoms with Crippen molar-refractivity contribution in [1.82, 2.24) is 9.88 Å². The normalized spacial score (nSPS) is 18.0. The second-order valence-corrected chi connectivity index (χ2v) is 7.97. The average molecular weight is 412 g/mol. The Morgan fingerprint density at radius 1 is 0.968 bits per heavy atom. The Balaban J connectivity index is 1.84. The smallest absolute Gasteiger partial charge is 0.295 e. The van der Waals surface area contributed by atoms with Crippen LogP contribution in [0.15, 0.2) is 84.7 Å². The number of hydrogen-bond acceptors (Lipinski definition) is 4. The zero-order valence-electron chi connectivity index (χ0n) is 17.5. The minimum Gasteiger partial charge on any atom is -0.507 e. The summed E-state index contributed by atoms with van der Waals surface area (Å²) in [5, 5.41) is 11.0. The van der Waals surface area contributed by atoms with Gasteiger partial charge in [-0.2, -0.15) is 0 Å². The second kappa shape index (κ2) is 8.56. The van der Waals surface area contributed by atoms with E-state index < -0.39 is 17.7 Å². The number of amides is 1. The molecule has 1 amide bonds. The summed E-state index contributed by atoms with van der Waals surface area (Å²) in [6.07, 6.45) is 3.31. The first-order valence-corrected chi connectivity index (χ1v) is 10.3. The number of benzene rings is 2. The molecule has 1 aromatic heterocycles. The van der Waals surface area contributed by atoms with Gasteiger partial charge in [-0.1, -0.05) is 68.4 Å². The summed E-state index contributed by atoms with van der Waals surface area (Å²) in [5.74, 6) is -1.09. The highest BCUT2D eigenvalue weighted by Gasteiger charge is 2.46. The molecule has 1 fully saturated rings. The van der Waals surface area contributed by atoms with Crippen molar-refractivity contribution in [2.75, 3.05) is 0 Å². The molecule has 1 atom stereocenters. The molecule has 4 rings (SSSR count). The van der Waals surface area contributed by atoms with Crippen LogP contribution in [0.3, 0.4) is 0 Å². The number of nitrogens with zero attached hydrogens (tertiary/aromatic N) is 2. The average Bonchev–Trinajstić information content (AvgIpc) is 3.05. The lowest BCUT2D eigenvalue weighted by Crippen LogP contribution is -2.29. The Hall–Kier alpha value is -3.73. The van der Waals surface area contributed by atoms with Gasteiger partial charge in [0.05, 0.1) is 11.6 Å². The SMILES string of the molecule is CC(C)c1ccc(C2/C(=C(/O)c3ccccc3)C(=O)C(=O)N2Cc2ccncc2)cc1. The van der Waals surface area contributed by atoms with Gasteiger partial charge in [-0.05, 0) is 34.7 Å². The quantitative estimate of drug-likeness (QED) is 0.370. The highest BCUT2D eigenvalue weighted by molar-refractivity contribution is 6.46. The Morgan fingerprint density at radius 2 is 1.61 bits per heavy atom. The van der Waals surface area contributed by atoms with E-state index in [1.165, 1.54) is 4.90 Å². The summed E-state index contributed by atoms with van der Waals surface area (Å²) in [7, 11) is 0. The van der Waals surface area contributed by atoms with Gasteiger partial charge in [0.2, 0.25) is 0 Å². The Kier molecular flexibility index (Phi) is 5.67. The molecule has 0 saturated carbocycles. The van der Waals surface area contributed by atoms with E-state index >= 15 is 0 Å². The predicted octanol–water partition coefficient (Wildman–Crippen LogP) is 4.83. The van der Waals surface area contributed by atoms with Gasteiger partial charge in [-0.3, -0.25) is 14.6 Å². The minimum atomic E-state index is -0.673. The molecular weight excluding hydrogens is 388 g/mol. The number of aliphatic hydroxyl groups excluding tert-OH is 1. The van der Waals surface area contributed by atoms with Crippen molar-refractivity contribution in [2.24, 2.45) is 0 Å². The van der Waals surface area contributed by atoms with Crippen LogP contribution < -0.4 is 0 Å². The number of carbonyl (C=O) groups excluding carboxylic acids is 2. The van der Waals surface area contributed by atoms with Gasteiger partial charge in [0.15, 0.2) is 0 Å². The third-order valence-corrected chi connectivity index (χ3v) is 5.61. The lowest BCUT2D eigenvalue weighted by molar-refractivity contribution is -0.140. The van der Waals surface area contributed by atoms with Crippen molar-refractivity contribution in [2.45, 2.75) is 32.4 Å². The summed E-state index contributed by atoms with van der Waals surface area (Å²) in [4.78, 5) is 31.6. The van der Waals surface area contributed by atoms with Gasteiger partial charge in [-0.15, -0.1) is 0 Å². The fourth-order valence-corrected chi connectivity index (χ4v) is 3.89. The molecule has 5 heteroatoms. The lowest BCUT2D eigenvalue weighted by Gasteiger charge is -2.25. The molecule has 1 aliphatic rings. The van der Waals surface area contributed by atoms with Crippen LogP contribution in [0.2, 0.25) is 0 Å². The molecule has 1 aliphatic heterocycles. The number of carbonyl (C=O) groups is 2. The van der Waals surface area contributed by atoms with Crippen LogP contribution >= 0.6 is 0 Å². The molecule has 1 saturated heterocycles. The van der Waals surface area contributed by atoms with Gasteiger partial charge in [0.1, 0.15) is 5.76 Å². The second-order valence-electron chi connectivity index (χ2n) is 7.97. The maximum Gasteiger partial charge on any atom is 0.295 e. The summed E-state index contributed by atoms with van der Waals surface area (Å²) in [6.45, 7) is 4.47. The zero-order valence-corrected chi connectivity index (χ0v) is 17.5. The predicted molar refractivity (Wildman–Crippen MR) is 119 cm³/mol. The van der Waals surface area contributed by atoms with E-state index in [4.69, 9.17) is 0 Å². The maximum atomic E-state index is 13.1. The molecule has 0 aliphatic carbocycles. The standard InChI is InChI=1S/C26H24N2O3/c1-17(2)19-8-10-20(11-9-19)23-22(24(29)21-6-4-3-5-7-21)25(30)26(31)28(23)16-18-12-14-27-15-13-18/h3-15,17,23,29H,16H2,1-2H3/b24-22-. The highest BCUT2D eigenvalue weighted by atomic mass is 16.3. The molecular formula is C26H24N2O3. The first kappa shape index (κ1) is 20.5. The lowest BCUT2D eigenvalue weighted by atomic mass is 9.93. The van der Waals surface area contributed by atoms with Crippen LogP contribution in [-0.2, 0) is 16.1 Å². The van der Waals surface area contributed by atoms with Crippen LogP contribution in [0.5, 0.6) is 0 Å². The first-order chi connectivity index (χ1) is 15.0. The number of ketones is 1. The maximum absolute atomic E-state index is 13.1. The number of Topliss-reactive ketones (excluding diaryl/α,β-unsaturated/α-hetero) is 1. The number of likely N-dealkylation sites (tertiary alicyclic amines) is 1. The van der Waals surface area contributed by atoms with Crippen molar-refractivity contribution in [1.29, 1.82) is 0 Å². The van der Waals surface area contributed by atoms with Gasteiger partial charge < -0.3 is 10.0 Å². The van der Waals surface area contributed by atoms with Crippen molar-refractivity contribution >= 4 is 17.4 Å². The van der Waals surface area contributed by atoms with E-state index in [9.17, 15) is 14.7 Å². The Bertz CT molecular complexity index is 1120. The highest BCUT2D eigenvalue weighted by Crippen LogP contribution is 2.40. The molecule has 0 bridgehead atoms. The number of pyridine rings is 1. The van der Waals surface area contributed by atoms with E-state index in [1.807, 2.05) is 42.5 Å². The zero-order chi connectivity index (χ0) is 22.0. The first-order valence-electron chi connectivity index (χ1n) is 10.3. The number of aromatic nitrogens is 1. The molecule has 2 heterocycles. The van der Waals surface area contributed by atoms with Gasteiger partial charge >= 0.3 is 0 Å². The van der Waals surface area contributed by atoms with Crippen molar-refractivity contribution in [3.8, 4) is 0 Å². The van der Waals surface area contributed by atoms with E-state index in [0.717, 1.165) is 16.7 Å². The number of rotatable bonds is 5.